The van der Waals surface area contributed by atoms with E-state index in [0.29, 0.717) is 6.54 Å². The molecule has 0 saturated heterocycles. The predicted octanol–water partition coefficient (Wildman–Crippen LogP) is 1.55. The van der Waals surface area contributed by atoms with Gasteiger partial charge in [0, 0.05) is 17.2 Å². The Morgan fingerprint density at radius 3 is 1.89 bits per heavy atom. The molecule has 0 aliphatic carbocycles. The number of rotatable bonds is 5. The molecule has 0 atom stereocenters. The molecule has 102 valence electrons. The normalized spacial score (nSPS) is 12.9. The van der Waals surface area contributed by atoms with E-state index >= 15 is 0 Å². The molecular formula is C10H14ClNO4S2. The molecule has 0 radical (unpaired) electrons. The van der Waals surface area contributed by atoms with Gasteiger partial charge in [0.25, 0.3) is 9.05 Å². The fourth-order valence-corrected chi connectivity index (χ4v) is 3.12. The van der Waals surface area contributed by atoms with Gasteiger partial charge in [0.2, 0.25) is 10.0 Å². The third-order valence-electron chi connectivity index (χ3n) is 2.10. The van der Waals surface area contributed by atoms with Crippen LogP contribution in [0, 0.1) is 5.92 Å². The predicted molar refractivity (Wildman–Crippen MR) is 69.5 cm³/mol. The first kappa shape index (κ1) is 15.4. The molecule has 0 saturated carbocycles. The Hall–Kier alpha value is -0.630. The number of halogens is 1. The van der Waals surface area contributed by atoms with Crippen LogP contribution in [0.4, 0.5) is 0 Å². The second-order valence-corrected chi connectivity index (χ2v) is 8.49. The van der Waals surface area contributed by atoms with Gasteiger partial charge in [-0.05, 0) is 30.2 Å². The van der Waals surface area contributed by atoms with Crippen molar-refractivity contribution < 1.29 is 16.8 Å². The molecule has 0 heterocycles. The van der Waals surface area contributed by atoms with Crippen LogP contribution in [0.3, 0.4) is 0 Å². The van der Waals surface area contributed by atoms with Crippen LogP contribution in [-0.4, -0.2) is 23.4 Å². The first-order valence-corrected chi connectivity index (χ1v) is 8.96. The second kappa shape index (κ2) is 5.56. The van der Waals surface area contributed by atoms with Crippen molar-refractivity contribution in [1.82, 2.24) is 4.72 Å². The topological polar surface area (TPSA) is 80.3 Å². The standard InChI is InChI=1S/C10H14ClNO4S2/c1-8(2)7-12-18(15,16)10-5-3-9(4-6-10)17(11,13)14/h3-6,8,12H,7H2,1-2H3. The molecule has 0 aliphatic heterocycles. The van der Waals surface area contributed by atoms with Crippen LogP contribution in [0.25, 0.3) is 0 Å². The fraction of sp³-hybridized carbons (Fsp3) is 0.400. The van der Waals surface area contributed by atoms with Crippen molar-refractivity contribution in [3.05, 3.63) is 24.3 Å². The lowest BCUT2D eigenvalue weighted by molar-refractivity contribution is 0.560. The Labute approximate surface area is 112 Å². The van der Waals surface area contributed by atoms with Crippen LogP contribution in [-0.2, 0) is 19.1 Å². The molecule has 0 bridgehead atoms. The van der Waals surface area contributed by atoms with E-state index in [1.54, 1.807) is 0 Å². The second-order valence-electron chi connectivity index (χ2n) is 4.15. The lowest BCUT2D eigenvalue weighted by atomic mass is 10.2. The smallest absolute Gasteiger partial charge is 0.211 e. The van der Waals surface area contributed by atoms with Gasteiger partial charge in [-0.3, -0.25) is 0 Å². The van der Waals surface area contributed by atoms with Crippen molar-refractivity contribution in [2.24, 2.45) is 5.92 Å². The number of hydrogen-bond acceptors (Lipinski definition) is 4. The van der Waals surface area contributed by atoms with Crippen molar-refractivity contribution in [3.63, 3.8) is 0 Å². The summed E-state index contributed by atoms with van der Waals surface area (Å²) in [6, 6.07) is 4.73. The zero-order valence-corrected chi connectivity index (χ0v) is 12.3. The summed E-state index contributed by atoms with van der Waals surface area (Å²) in [7, 11) is -2.30. The van der Waals surface area contributed by atoms with E-state index < -0.39 is 19.1 Å². The van der Waals surface area contributed by atoms with Gasteiger partial charge in [-0.1, -0.05) is 13.8 Å². The van der Waals surface area contributed by atoms with Crippen LogP contribution in [0.15, 0.2) is 34.1 Å². The number of hydrogen-bond donors (Lipinski definition) is 1. The number of sulfonamides is 1. The maximum absolute atomic E-state index is 11.8. The third kappa shape index (κ3) is 4.24. The Balaban J connectivity index is 2.98. The summed E-state index contributed by atoms with van der Waals surface area (Å²) in [6.45, 7) is 4.08. The molecular weight excluding hydrogens is 298 g/mol. The van der Waals surface area contributed by atoms with Gasteiger partial charge in [0.1, 0.15) is 0 Å². The molecule has 1 aromatic rings. The van der Waals surface area contributed by atoms with Gasteiger partial charge in [-0.2, -0.15) is 0 Å². The van der Waals surface area contributed by atoms with Gasteiger partial charge in [-0.25, -0.2) is 21.6 Å². The van der Waals surface area contributed by atoms with Crippen molar-refractivity contribution in [2.45, 2.75) is 23.6 Å². The van der Waals surface area contributed by atoms with E-state index in [1.165, 1.54) is 12.1 Å². The molecule has 0 spiro atoms. The van der Waals surface area contributed by atoms with Crippen LogP contribution in [0.2, 0.25) is 0 Å². The zero-order valence-electron chi connectivity index (χ0n) is 9.92. The minimum atomic E-state index is -3.83. The Bertz CT molecular complexity index is 606. The minimum Gasteiger partial charge on any atom is -0.211 e. The fourth-order valence-electron chi connectivity index (χ4n) is 1.14. The molecule has 1 aromatic carbocycles. The summed E-state index contributed by atoms with van der Waals surface area (Å²) in [6.07, 6.45) is 0. The maximum Gasteiger partial charge on any atom is 0.261 e. The van der Waals surface area contributed by atoms with E-state index in [9.17, 15) is 16.8 Å². The highest BCUT2D eigenvalue weighted by Crippen LogP contribution is 2.17. The molecule has 0 unspecified atom stereocenters. The average Bonchev–Trinajstić information content (AvgIpc) is 2.26. The summed E-state index contributed by atoms with van der Waals surface area (Å²) in [5.74, 6) is 0.183. The van der Waals surface area contributed by atoms with Gasteiger partial charge >= 0.3 is 0 Å². The average molecular weight is 312 g/mol. The summed E-state index contributed by atoms with van der Waals surface area (Å²) < 4.78 is 48.0. The molecule has 8 heteroatoms. The highest BCUT2D eigenvalue weighted by Gasteiger charge is 2.16. The highest BCUT2D eigenvalue weighted by molar-refractivity contribution is 8.13. The van der Waals surface area contributed by atoms with E-state index in [0.717, 1.165) is 12.1 Å². The molecule has 0 aliphatic rings. The quantitative estimate of drug-likeness (QED) is 0.837. The first-order chi connectivity index (χ1) is 8.13. The van der Waals surface area contributed by atoms with Crippen LogP contribution < -0.4 is 4.72 Å². The van der Waals surface area contributed by atoms with Crippen LogP contribution in [0.5, 0.6) is 0 Å². The van der Waals surface area contributed by atoms with E-state index in [-0.39, 0.29) is 15.7 Å². The third-order valence-corrected chi connectivity index (χ3v) is 4.91. The summed E-state index contributed by atoms with van der Waals surface area (Å²) in [5, 5.41) is 0. The molecule has 5 nitrogen and oxygen atoms in total. The number of nitrogens with one attached hydrogen (secondary N) is 1. The van der Waals surface area contributed by atoms with Gasteiger partial charge in [0.05, 0.1) is 9.79 Å². The van der Waals surface area contributed by atoms with Crippen LogP contribution >= 0.6 is 10.7 Å². The molecule has 18 heavy (non-hydrogen) atoms. The zero-order chi connectivity index (χ0) is 14.0. The van der Waals surface area contributed by atoms with Crippen molar-refractivity contribution in [1.29, 1.82) is 0 Å². The molecule has 0 fully saturated rings. The Morgan fingerprint density at radius 2 is 1.50 bits per heavy atom. The monoisotopic (exact) mass is 311 g/mol. The Kier molecular flexibility index (Phi) is 4.77. The lowest BCUT2D eigenvalue weighted by Crippen LogP contribution is -2.27. The Morgan fingerprint density at radius 1 is 1.06 bits per heavy atom. The maximum atomic E-state index is 11.8. The van der Waals surface area contributed by atoms with Crippen molar-refractivity contribution >= 4 is 29.8 Å². The van der Waals surface area contributed by atoms with Gasteiger partial charge in [0.15, 0.2) is 0 Å². The van der Waals surface area contributed by atoms with Gasteiger partial charge < -0.3 is 0 Å². The van der Waals surface area contributed by atoms with Crippen molar-refractivity contribution in [2.75, 3.05) is 6.54 Å². The van der Waals surface area contributed by atoms with Crippen LogP contribution in [0.1, 0.15) is 13.8 Å². The molecule has 1 N–H and O–H groups in total. The highest BCUT2D eigenvalue weighted by atomic mass is 35.7. The van der Waals surface area contributed by atoms with Crippen molar-refractivity contribution in [3.8, 4) is 0 Å². The molecule has 0 amide bonds. The number of benzene rings is 1. The van der Waals surface area contributed by atoms with E-state index in [2.05, 4.69) is 4.72 Å². The first-order valence-electron chi connectivity index (χ1n) is 5.17. The summed E-state index contributed by atoms with van der Waals surface area (Å²) >= 11 is 0. The largest absolute Gasteiger partial charge is 0.261 e. The SMILES string of the molecule is CC(C)CNS(=O)(=O)c1ccc(S(=O)(=O)Cl)cc1. The summed E-state index contributed by atoms with van der Waals surface area (Å²) in [4.78, 5) is -0.126. The van der Waals surface area contributed by atoms with E-state index in [4.69, 9.17) is 10.7 Å². The molecule has 1 rings (SSSR count). The van der Waals surface area contributed by atoms with E-state index in [1.807, 2.05) is 13.8 Å². The van der Waals surface area contributed by atoms with Gasteiger partial charge in [-0.15, -0.1) is 0 Å². The summed E-state index contributed by atoms with van der Waals surface area (Å²) in [5.41, 5.74) is 0. The lowest BCUT2D eigenvalue weighted by Gasteiger charge is -2.08. The molecule has 0 aromatic heterocycles. The minimum absolute atomic E-state index is 0.00668.